The Bertz CT molecular complexity index is 581. The van der Waals surface area contributed by atoms with E-state index in [1.807, 2.05) is 32.9 Å². The molecule has 0 spiro atoms. The molecule has 1 aromatic carbocycles. The second-order valence-electron chi connectivity index (χ2n) is 4.60. The van der Waals surface area contributed by atoms with Crippen molar-refractivity contribution < 1.29 is 9.26 Å². The lowest BCUT2D eigenvalue weighted by Gasteiger charge is -2.19. The van der Waals surface area contributed by atoms with Gasteiger partial charge in [-0.3, -0.25) is 0 Å². The number of benzene rings is 1. The van der Waals surface area contributed by atoms with Crippen molar-refractivity contribution in [1.82, 2.24) is 10.1 Å². The molecule has 1 aromatic heterocycles. The topological polar surface area (TPSA) is 74.2 Å². The molecule has 19 heavy (non-hydrogen) atoms. The number of hydrogen-bond donors (Lipinski definition) is 1. The number of nitrogens with zero attached hydrogens (tertiary/aromatic N) is 2. The lowest BCUT2D eigenvalue weighted by Crippen LogP contribution is -2.23. The maximum Gasteiger partial charge on any atom is 0.258 e. The highest BCUT2D eigenvalue weighted by molar-refractivity contribution is 9.10. The molecule has 0 aliphatic heterocycles. The van der Waals surface area contributed by atoms with Crippen LogP contribution in [-0.2, 0) is 10.3 Å². The Balaban J connectivity index is 2.33. The van der Waals surface area contributed by atoms with Crippen molar-refractivity contribution in [1.29, 1.82) is 0 Å². The van der Waals surface area contributed by atoms with Crippen LogP contribution < -0.4 is 5.73 Å². The van der Waals surface area contributed by atoms with Crippen molar-refractivity contribution in [3.63, 3.8) is 0 Å². The Morgan fingerprint density at radius 1 is 1.42 bits per heavy atom. The summed E-state index contributed by atoms with van der Waals surface area (Å²) < 4.78 is 11.7. The van der Waals surface area contributed by atoms with Crippen LogP contribution in [0, 0.1) is 0 Å². The molecule has 2 N–H and O–H groups in total. The van der Waals surface area contributed by atoms with E-state index < -0.39 is 5.60 Å². The fourth-order valence-corrected chi connectivity index (χ4v) is 2.05. The highest BCUT2D eigenvalue weighted by atomic mass is 79.9. The molecule has 0 unspecified atom stereocenters. The van der Waals surface area contributed by atoms with Gasteiger partial charge < -0.3 is 15.0 Å². The summed E-state index contributed by atoms with van der Waals surface area (Å²) in [5, 5.41) is 3.98. The summed E-state index contributed by atoms with van der Waals surface area (Å²) in [5.41, 5.74) is 6.66. The first-order valence-corrected chi connectivity index (χ1v) is 6.77. The SMILES string of the molecule is CCOC(C)(C)c1noc(-c2ccc(N)c(Br)c2)n1. The first-order valence-electron chi connectivity index (χ1n) is 5.97. The van der Waals surface area contributed by atoms with Crippen LogP contribution in [0.3, 0.4) is 0 Å². The summed E-state index contributed by atoms with van der Waals surface area (Å²) in [6, 6.07) is 5.47. The Morgan fingerprint density at radius 2 is 2.16 bits per heavy atom. The Kier molecular flexibility index (Phi) is 3.91. The van der Waals surface area contributed by atoms with Gasteiger partial charge >= 0.3 is 0 Å². The maximum absolute atomic E-state index is 5.75. The van der Waals surface area contributed by atoms with Gasteiger partial charge in [-0.1, -0.05) is 5.16 Å². The molecule has 0 amide bonds. The number of aromatic nitrogens is 2. The van der Waals surface area contributed by atoms with Crippen LogP contribution in [0.4, 0.5) is 5.69 Å². The van der Waals surface area contributed by atoms with Gasteiger partial charge in [0.05, 0.1) is 0 Å². The fourth-order valence-electron chi connectivity index (χ4n) is 1.67. The van der Waals surface area contributed by atoms with Gasteiger partial charge in [-0.25, -0.2) is 0 Å². The molecule has 0 aliphatic rings. The van der Waals surface area contributed by atoms with E-state index in [9.17, 15) is 0 Å². The predicted molar refractivity (Wildman–Crippen MR) is 76.5 cm³/mol. The Hall–Kier alpha value is -1.40. The summed E-state index contributed by atoms with van der Waals surface area (Å²) >= 11 is 3.37. The first-order chi connectivity index (χ1) is 8.94. The van der Waals surface area contributed by atoms with E-state index in [1.165, 1.54) is 0 Å². The number of halogens is 1. The monoisotopic (exact) mass is 325 g/mol. The van der Waals surface area contributed by atoms with E-state index in [1.54, 1.807) is 6.07 Å². The number of ether oxygens (including phenoxy) is 1. The van der Waals surface area contributed by atoms with Crippen LogP contribution in [-0.4, -0.2) is 16.7 Å². The molecule has 0 aliphatic carbocycles. The molecular formula is C13H16BrN3O2. The first kappa shape index (κ1) is 14.0. The summed E-state index contributed by atoms with van der Waals surface area (Å²) in [6.45, 7) is 6.33. The Morgan fingerprint density at radius 3 is 2.79 bits per heavy atom. The third kappa shape index (κ3) is 2.96. The third-order valence-electron chi connectivity index (χ3n) is 2.72. The van der Waals surface area contributed by atoms with Crippen LogP contribution in [0.15, 0.2) is 27.2 Å². The van der Waals surface area contributed by atoms with Gasteiger partial charge in [0.25, 0.3) is 5.89 Å². The van der Waals surface area contributed by atoms with E-state index >= 15 is 0 Å². The summed E-state index contributed by atoms with van der Waals surface area (Å²) in [7, 11) is 0. The Labute approximate surface area is 120 Å². The van der Waals surface area contributed by atoms with Crippen LogP contribution in [0.5, 0.6) is 0 Å². The lowest BCUT2D eigenvalue weighted by atomic mass is 10.1. The summed E-state index contributed by atoms with van der Waals surface area (Å²) in [6.07, 6.45) is 0. The van der Waals surface area contributed by atoms with E-state index in [4.69, 9.17) is 15.0 Å². The number of rotatable bonds is 4. The highest BCUT2D eigenvalue weighted by Crippen LogP contribution is 2.28. The maximum atomic E-state index is 5.75. The zero-order valence-electron chi connectivity index (χ0n) is 11.1. The van der Waals surface area contributed by atoms with Crippen molar-refractivity contribution in [2.45, 2.75) is 26.4 Å². The number of hydrogen-bond acceptors (Lipinski definition) is 5. The van der Waals surface area contributed by atoms with Gasteiger partial charge in [0.1, 0.15) is 5.60 Å². The predicted octanol–water partition coefficient (Wildman–Crippen LogP) is 3.35. The van der Waals surface area contributed by atoms with Crippen molar-refractivity contribution in [2.24, 2.45) is 0 Å². The van der Waals surface area contributed by atoms with Crippen molar-refractivity contribution >= 4 is 21.6 Å². The molecule has 2 aromatic rings. The van der Waals surface area contributed by atoms with Gasteiger partial charge in [0.15, 0.2) is 0 Å². The van der Waals surface area contributed by atoms with Gasteiger partial charge in [0.2, 0.25) is 5.82 Å². The minimum atomic E-state index is -0.568. The van der Waals surface area contributed by atoms with Crippen molar-refractivity contribution in [3.05, 3.63) is 28.5 Å². The molecule has 5 nitrogen and oxygen atoms in total. The van der Waals surface area contributed by atoms with Crippen molar-refractivity contribution in [3.8, 4) is 11.5 Å². The molecule has 0 atom stereocenters. The molecule has 6 heteroatoms. The molecule has 102 valence electrons. The minimum Gasteiger partial charge on any atom is -0.398 e. The second kappa shape index (κ2) is 5.30. The average Bonchev–Trinajstić information content (AvgIpc) is 2.83. The fraction of sp³-hybridized carbons (Fsp3) is 0.385. The van der Waals surface area contributed by atoms with Crippen LogP contribution in [0.25, 0.3) is 11.5 Å². The van der Waals surface area contributed by atoms with Gasteiger partial charge in [0, 0.05) is 22.3 Å². The van der Waals surface area contributed by atoms with E-state index in [0.29, 0.717) is 24.0 Å². The zero-order chi connectivity index (χ0) is 14.0. The average molecular weight is 326 g/mol. The lowest BCUT2D eigenvalue weighted by molar-refractivity contribution is -0.0221. The normalized spacial score (nSPS) is 11.8. The highest BCUT2D eigenvalue weighted by Gasteiger charge is 2.27. The van der Waals surface area contributed by atoms with Crippen LogP contribution in [0.1, 0.15) is 26.6 Å². The summed E-state index contributed by atoms with van der Waals surface area (Å²) in [4.78, 5) is 4.38. The minimum absolute atomic E-state index is 0.448. The standard InChI is InChI=1S/C13H16BrN3O2/c1-4-18-13(2,3)12-16-11(19-17-12)8-5-6-10(15)9(14)7-8/h5-7H,4,15H2,1-3H3. The third-order valence-corrected chi connectivity index (χ3v) is 3.40. The van der Waals surface area contributed by atoms with E-state index in [2.05, 4.69) is 26.1 Å². The van der Waals surface area contributed by atoms with Crippen LogP contribution >= 0.6 is 15.9 Å². The van der Waals surface area contributed by atoms with Gasteiger partial charge in [-0.05, 0) is 54.9 Å². The van der Waals surface area contributed by atoms with E-state index in [0.717, 1.165) is 10.0 Å². The number of anilines is 1. The largest absolute Gasteiger partial charge is 0.398 e. The van der Waals surface area contributed by atoms with Crippen molar-refractivity contribution in [2.75, 3.05) is 12.3 Å². The molecule has 0 saturated carbocycles. The molecular weight excluding hydrogens is 310 g/mol. The molecule has 1 heterocycles. The molecule has 0 saturated heterocycles. The van der Waals surface area contributed by atoms with Gasteiger partial charge in [-0.2, -0.15) is 4.98 Å². The summed E-state index contributed by atoms with van der Waals surface area (Å²) in [5.74, 6) is 0.973. The zero-order valence-corrected chi connectivity index (χ0v) is 12.7. The quantitative estimate of drug-likeness (QED) is 0.872. The second-order valence-corrected chi connectivity index (χ2v) is 5.46. The molecule has 2 rings (SSSR count). The molecule has 0 radical (unpaired) electrons. The van der Waals surface area contributed by atoms with Gasteiger partial charge in [-0.15, -0.1) is 0 Å². The van der Waals surface area contributed by atoms with Crippen LogP contribution in [0.2, 0.25) is 0 Å². The molecule has 0 bridgehead atoms. The number of nitrogens with two attached hydrogens (primary N) is 1. The smallest absolute Gasteiger partial charge is 0.258 e. The van der Waals surface area contributed by atoms with E-state index in [-0.39, 0.29) is 0 Å². The number of nitrogen functional groups attached to an aromatic ring is 1. The molecule has 0 fully saturated rings.